The van der Waals surface area contributed by atoms with E-state index in [1.165, 1.54) is 26.2 Å². The predicted octanol–water partition coefficient (Wildman–Crippen LogP) is 2.57. The van der Waals surface area contributed by atoms with Gasteiger partial charge in [0.25, 0.3) is 5.91 Å². The summed E-state index contributed by atoms with van der Waals surface area (Å²) in [6.07, 6.45) is 4.36. The molecule has 1 atom stereocenters. The minimum atomic E-state index is -1.64. The summed E-state index contributed by atoms with van der Waals surface area (Å²) in [6, 6.07) is 9.06. The van der Waals surface area contributed by atoms with E-state index in [1.54, 1.807) is 29.0 Å². The Morgan fingerprint density at radius 2 is 2.15 bits per heavy atom. The number of H-pyrrole nitrogens is 1. The average Bonchev–Trinajstić information content (AvgIpc) is 3.45. The van der Waals surface area contributed by atoms with E-state index in [0.717, 1.165) is 5.52 Å². The van der Waals surface area contributed by atoms with Crippen LogP contribution in [0.2, 0.25) is 0 Å². The smallest absolute Gasteiger partial charge is 0.255 e. The Morgan fingerprint density at radius 3 is 2.85 bits per heavy atom. The Morgan fingerprint density at radius 1 is 1.33 bits per heavy atom. The molecule has 0 fully saturated rings. The number of aliphatic hydroxyl groups is 1. The number of nitriles is 1. The van der Waals surface area contributed by atoms with Gasteiger partial charge in [-0.2, -0.15) is 15.5 Å². The zero-order chi connectivity index (χ0) is 23.6. The van der Waals surface area contributed by atoms with Crippen molar-refractivity contribution in [2.24, 2.45) is 0 Å². The molecule has 0 aliphatic heterocycles. The van der Waals surface area contributed by atoms with Crippen LogP contribution < -0.4 is 10.6 Å². The first-order valence-electron chi connectivity index (χ1n) is 10.0. The number of aromatic nitrogens is 5. The molecule has 0 saturated heterocycles. The number of alkyl halides is 1. The zero-order valence-corrected chi connectivity index (χ0v) is 17.9. The number of halogens is 1. The maximum Gasteiger partial charge on any atom is 0.255 e. The van der Waals surface area contributed by atoms with Gasteiger partial charge in [-0.3, -0.25) is 14.9 Å². The van der Waals surface area contributed by atoms with Crippen molar-refractivity contribution >= 4 is 22.8 Å². The number of rotatable bonds is 7. The Labute approximate surface area is 188 Å². The summed E-state index contributed by atoms with van der Waals surface area (Å²) in [6.45, 7) is 2.31. The molecule has 0 spiro atoms. The third-order valence-electron chi connectivity index (χ3n) is 5.03. The van der Waals surface area contributed by atoms with E-state index >= 15 is 0 Å². The Bertz CT molecular complexity index is 1330. The van der Waals surface area contributed by atoms with Gasteiger partial charge in [-0.05, 0) is 38.1 Å². The van der Waals surface area contributed by atoms with Crippen molar-refractivity contribution in [1.82, 2.24) is 30.1 Å². The van der Waals surface area contributed by atoms with Crippen molar-refractivity contribution in [1.29, 1.82) is 5.26 Å². The number of fused-ring (bicyclic) bond motifs is 1. The molecule has 0 unspecified atom stereocenters. The lowest BCUT2D eigenvalue weighted by molar-refractivity contribution is -0.00177. The van der Waals surface area contributed by atoms with Gasteiger partial charge in [-0.1, -0.05) is 0 Å². The van der Waals surface area contributed by atoms with Gasteiger partial charge in [0.2, 0.25) is 0 Å². The molecule has 0 saturated carbocycles. The van der Waals surface area contributed by atoms with Crippen LogP contribution >= 0.6 is 0 Å². The summed E-state index contributed by atoms with van der Waals surface area (Å²) >= 11 is 0. The van der Waals surface area contributed by atoms with Crippen molar-refractivity contribution in [2.45, 2.75) is 25.6 Å². The van der Waals surface area contributed by atoms with Crippen LogP contribution in [-0.2, 0) is 0 Å². The number of hydrogen-bond donors (Lipinski definition) is 4. The number of carbonyl (C=O) groups excluding carboxylic acids is 1. The van der Waals surface area contributed by atoms with E-state index in [-0.39, 0.29) is 12.1 Å². The van der Waals surface area contributed by atoms with Gasteiger partial charge in [0.05, 0.1) is 63.9 Å². The maximum atomic E-state index is 14.1. The molecular formula is C22H21FN8O2. The minimum Gasteiger partial charge on any atom is -0.387 e. The molecule has 33 heavy (non-hydrogen) atoms. The lowest BCUT2D eigenvalue weighted by Crippen LogP contribution is -2.42. The third-order valence-corrected chi connectivity index (χ3v) is 5.03. The number of hydrogen-bond acceptors (Lipinski definition) is 7. The van der Waals surface area contributed by atoms with Crippen molar-refractivity contribution in [3.63, 3.8) is 0 Å². The van der Waals surface area contributed by atoms with Gasteiger partial charge < -0.3 is 15.7 Å². The molecule has 11 heteroatoms. The molecule has 0 aliphatic carbocycles. The first-order chi connectivity index (χ1) is 15.8. The fourth-order valence-electron chi connectivity index (χ4n) is 3.14. The van der Waals surface area contributed by atoms with Crippen LogP contribution in [0.1, 0.15) is 29.8 Å². The largest absolute Gasteiger partial charge is 0.387 e. The number of anilines is 2. The van der Waals surface area contributed by atoms with Gasteiger partial charge in [-0.25, -0.2) is 8.91 Å². The van der Waals surface area contributed by atoms with Crippen molar-refractivity contribution < 1.29 is 14.3 Å². The van der Waals surface area contributed by atoms with Crippen molar-refractivity contribution in [2.75, 3.05) is 11.9 Å². The standard InChI is InChI=1S/C22H21FN8O2/c1-22(2,33)20(23)12-26-21(32)16-11-25-18(6-17(16)30-14-9-27-28-10-14)19-4-3-15-5-13(7-24)8-29-31(15)19/h3-6,8-11,20,33H,12H2,1-2H3,(H,25,30)(H,26,32)(H,27,28)/t20-/m1/s1. The molecule has 4 aromatic rings. The molecule has 4 N–H and O–H groups in total. The fourth-order valence-corrected chi connectivity index (χ4v) is 3.14. The average molecular weight is 448 g/mol. The van der Waals surface area contributed by atoms with E-state index in [1.807, 2.05) is 12.1 Å². The first kappa shape index (κ1) is 21.9. The number of pyridine rings is 1. The minimum absolute atomic E-state index is 0.184. The lowest BCUT2D eigenvalue weighted by Gasteiger charge is -2.22. The monoisotopic (exact) mass is 448 g/mol. The van der Waals surface area contributed by atoms with E-state index in [0.29, 0.717) is 28.3 Å². The molecule has 0 bridgehead atoms. The SMILES string of the molecule is CC(C)(O)[C@H](F)CNC(=O)c1cnc(-c2ccc3cc(C#N)cnn23)cc1Nc1cn[nH]c1. The second kappa shape index (κ2) is 8.68. The van der Waals surface area contributed by atoms with E-state index in [2.05, 4.69) is 37.0 Å². The molecule has 4 rings (SSSR count). The number of aromatic amines is 1. The van der Waals surface area contributed by atoms with Gasteiger partial charge >= 0.3 is 0 Å². The Kier molecular flexibility index (Phi) is 5.76. The molecule has 168 valence electrons. The second-order valence-electron chi connectivity index (χ2n) is 7.97. The quantitative estimate of drug-likeness (QED) is 0.340. The van der Waals surface area contributed by atoms with E-state index in [9.17, 15) is 14.3 Å². The molecule has 0 aliphatic rings. The van der Waals surface area contributed by atoms with E-state index < -0.39 is 17.7 Å². The highest BCUT2D eigenvalue weighted by Gasteiger charge is 2.27. The topological polar surface area (TPSA) is 144 Å². The highest BCUT2D eigenvalue weighted by Crippen LogP contribution is 2.27. The van der Waals surface area contributed by atoms with Crippen LogP contribution in [0.15, 0.2) is 49.1 Å². The summed E-state index contributed by atoms with van der Waals surface area (Å²) < 4.78 is 15.7. The molecule has 10 nitrogen and oxygen atoms in total. The summed E-state index contributed by atoms with van der Waals surface area (Å²) in [5.41, 5.74) is 1.96. The molecular weight excluding hydrogens is 427 g/mol. The lowest BCUT2D eigenvalue weighted by atomic mass is 10.0. The van der Waals surface area contributed by atoms with Gasteiger partial charge in [0.15, 0.2) is 0 Å². The second-order valence-corrected chi connectivity index (χ2v) is 7.97. The van der Waals surface area contributed by atoms with Crippen LogP contribution in [0, 0.1) is 11.3 Å². The van der Waals surface area contributed by atoms with Gasteiger partial charge in [-0.15, -0.1) is 0 Å². The normalized spacial score (nSPS) is 12.3. The fraction of sp³-hybridized carbons (Fsp3) is 0.227. The molecule has 0 radical (unpaired) electrons. The van der Waals surface area contributed by atoms with Crippen LogP contribution in [0.5, 0.6) is 0 Å². The van der Waals surface area contributed by atoms with E-state index in [4.69, 9.17) is 5.26 Å². The van der Waals surface area contributed by atoms with Gasteiger partial charge in [0.1, 0.15) is 12.2 Å². The molecule has 0 aromatic carbocycles. The third kappa shape index (κ3) is 4.65. The Hall–Kier alpha value is -4.30. The highest BCUT2D eigenvalue weighted by atomic mass is 19.1. The molecule has 4 aromatic heterocycles. The van der Waals surface area contributed by atoms with Crippen molar-refractivity contribution in [3.05, 3.63) is 60.2 Å². The number of nitrogens with zero attached hydrogens (tertiary/aromatic N) is 5. The van der Waals surface area contributed by atoms with Crippen molar-refractivity contribution in [3.8, 4) is 17.5 Å². The Balaban J connectivity index is 1.69. The summed E-state index contributed by atoms with van der Waals surface area (Å²) in [5.74, 6) is -0.552. The molecule has 1 amide bonds. The number of carbonyl (C=O) groups is 1. The predicted molar refractivity (Wildman–Crippen MR) is 119 cm³/mol. The highest BCUT2D eigenvalue weighted by molar-refractivity contribution is 6.00. The zero-order valence-electron chi connectivity index (χ0n) is 17.9. The van der Waals surface area contributed by atoms with Crippen LogP contribution in [0.3, 0.4) is 0 Å². The maximum absolute atomic E-state index is 14.1. The summed E-state index contributed by atoms with van der Waals surface area (Å²) in [7, 11) is 0. The summed E-state index contributed by atoms with van der Waals surface area (Å²) in [5, 5.41) is 35.3. The summed E-state index contributed by atoms with van der Waals surface area (Å²) in [4.78, 5) is 17.2. The van der Waals surface area contributed by atoms with Crippen LogP contribution in [0.4, 0.5) is 15.8 Å². The van der Waals surface area contributed by atoms with Crippen LogP contribution in [-0.4, -0.2) is 54.1 Å². The number of amides is 1. The number of nitrogens with one attached hydrogen (secondary N) is 3. The van der Waals surface area contributed by atoms with Crippen LogP contribution in [0.25, 0.3) is 16.9 Å². The molecule has 4 heterocycles. The van der Waals surface area contributed by atoms with Gasteiger partial charge in [0, 0.05) is 12.4 Å². The first-order valence-corrected chi connectivity index (χ1v) is 10.0.